The van der Waals surface area contributed by atoms with Gasteiger partial charge in [-0.25, -0.2) is 12.8 Å². The number of sulfonamides is 1. The van der Waals surface area contributed by atoms with E-state index in [0.717, 1.165) is 6.07 Å². The van der Waals surface area contributed by atoms with Gasteiger partial charge in [-0.2, -0.15) is 4.31 Å². The van der Waals surface area contributed by atoms with E-state index in [9.17, 15) is 12.8 Å². The van der Waals surface area contributed by atoms with Gasteiger partial charge < -0.3 is 10.0 Å². The van der Waals surface area contributed by atoms with Crippen molar-refractivity contribution in [1.29, 1.82) is 0 Å². The van der Waals surface area contributed by atoms with Crippen LogP contribution in [0.15, 0.2) is 18.2 Å². The van der Waals surface area contributed by atoms with Crippen molar-refractivity contribution in [1.82, 2.24) is 4.31 Å². The molecule has 2 N–H and O–H groups in total. The molecule has 1 aliphatic heterocycles. The molecule has 98 valence electrons. The molecule has 0 aromatic heterocycles. The first-order chi connectivity index (χ1) is 8.40. The molecule has 0 unspecified atom stereocenters. The summed E-state index contributed by atoms with van der Waals surface area (Å²) in [6.07, 6.45) is 0.556. The lowest BCUT2D eigenvalue weighted by Gasteiger charge is -2.16. The predicted octanol–water partition coefficient (Wildman–Crippen LogP) is -0.959. The van der Waals surface area contributed by atoms with Crippen LogP contribution in [0, 0.1) is 5.82 Å². The van der Waals surface area contributed by atoms with Crippen LogP contribution < -0.4 is 5.46 Å². The van der Waals surface area contributed by atoms with Gasteiger partial charge in [-0.05, 0) is 29.6 Å². The summed E-state index contributed by atoms with van der Waals surface area (Å²) >= 11 is 0. The molecule has 1 aromatic carbocycles. The quantitative estimate of drug-likeness (QED) is 0.695. The van der Waals surface area contributed by atoms with E-state index in [0.29, 0.717) is 18.5 Å². The zero-order valence-electron chi connectivity index (χ0n) is 9.58. The normalized spacial score (nSPS) is 19.1. The summed E-state index contributed by atoms with van der Waals surface area (Å²) in [6, 6.07) is 3.55. The average molecular weight is 273 g/mol. The third kappa shape index (κ3) is 2.72. The number of nitrogens with zero attached hydrogens (tertiary/aromatic N) is 1. The molecule has 1 aliphatic rings. The van der Waals surface area contributed by atoms with Crippen molar-refractivity contribution in [3.05, 3.63) is 29.6 Å². The summed E-state index contributed by atoms with van der Waals surface area (Å²) in [6.45, 7) is 0.441. The van der Waals surface area contributed by atoms with Crippen molar-refractivity contribution in [2.45, 2.75) is 13.0 Å². The van der Waals surface area contributed by atoms with Crippen molar-refractivity contribution in [2.75, 3.05) is 12.3 Å². The van der Waals surface area contributed by atoms with Crippen LogP contribution in [0.5, 0.6) is 0 Å². The van der Waals surface area contributed by atoms with Gasteiger partial charge in [-0.15, -0.1) is 0 Å². The summed E-state index contributed by atoms with van der Waals surface area (Å²) < 4.78 is 37.6. The Kier molecular flexibility index (Phi) is 3.72. The van der Waals surface area contributed by atoms with Crippen LogP contribution >= 0.6 is 0 Å². The lowest BCUT2D eigenvalue weighted by atomic mass is 9.77. The van der Waals surface area contributed by atoms with E-state index in [-0.39, 0.29) is 17.8 Å². The van der Waals surface area contributed by atoms with Crippen molar-refractivity contribution in [3.8, 4) is 0 Å². The van der Waals surface area contributed by atoms with E-state index in [4.69, 9.17) is 10.0 Å². The lowest BCUT2D eigenvalue weighted by Crippen LogP contribution is -2.36. The molecule has 5 nitrogen and oxygen atoms in total. The predicted molar refractivity (Wildman–Crippen MR) is 65.0 cm³/mol. The molecule has 0 saturated carbocycles. The second kappa shape index (κ2) is 4.97. The fourth-order valence-corrected chi connectivity index (χ4v) is 3.50. The van der Waals surface area contributed by atoms with E-state index in [2.05, 4.69) is 0 Å². The minimum atomic E-state index is -3.26. The van der Waals surface area contributed by atoms with Gasteiger partial charge in [-0.3, -0.25) is 0 Å². The number of hydrogen-bond acceptors (Lipinski definition) is 4. The third-order valence-electron chi connectivity index (χ3n) is 2.94. The largest absolute Gasteiger partial charge is 0.488 e. The molecule has 0 bridgehead atoms. The molecule has 2 rings (SSSR count). The van der Waals surface area contributed by atoms with Crippen LogP contribution in [0.1, 0.15) is 12.0 Å². The summed E-state index contributed by atoms with van der Waals surface area (Å²) in [4.78, 5) is 0. The maximum Gasteiger partial charge on any atom is 0.488 e. The second-order valence-corrected chi connectivity index (χ2v) is 6.31. The molecule has 0 atom stereocenters. The molecule has 1 saturated heterocycles. The zero-order chi connectivity index (χ0) is 13.3. The molecule has 0 radical (unpaired) electrons. The molecule has 0 spiro atoms. The van der Waals surface area contributed by atoms with Crippen molar-refractivity contribution >= 4 is 22.6 Å². The summed E-state index contributed by atoms with van der Waals surface area (Å²) in [5.41, 5.74) is 0.397. The molecular weight excluding hydrogens is 260 g/mol. The first kappa shape index (κ1) is 13.5. The average Bonchev–Trinajstić information content (AvgIpc) is 2.60. The first-order valence-electron chi connectivity index (χ1n) is 5.52. The monoisotopic (exact) mass is 273 g/mol. The summed E-state index contributed by atoms with van der Waals surface area (Å²) in [5.74, 6) is -0.489. The highest BCUT2D eigenvalue weighted by Crippen LogP contribution is 2.16. The molecule has 0 amide bonds. The van der Waals surface area contributed by atoms with E-state index in [1.165, 1.54) is 16.4 Å². The van der Waals surface area contributed by atoms with Gasteiger partial charge in [0.25, 0.3) is 0 Å². The SMILES string of the molecule is O=S1(=O)CCCN1Cc1ccc(F)cc1B(O)O. The molecule has 1 heterocycles. The maximum atomic E-state index is 13.0. The van der Waals surface area contributed by atoms with Gasteiger partial charge in [0, 0.05) is 13.1 Å². The highest BCUT2D eigenvalue weighted by atomic mass is 32.2. The first-order valence-corrected chi connectivity index (χ1v) is 7.13. The molecule has 18 heavy (non-hydrogen) atoms. The fourth-order valence-electron chi connectivity index (χ4n) is 2.01. The standard InChI is InChI=1S/C10H13BFNO4S/c12-9-3-2-8(10(6-9)11(14)15)7-13-4-1-5-18(13,16)17/h2-3,6,14-15H,1,4-5,7H2. The Morgan fingerprint density at radius 3 is 2.67 bits per heavy atom. The topological polar surface area (TPSA) is 77.8 Å². The Morgan fingerprint density at radius 1 is 1.39 bits per heavy atom. The second-order valence-electron chi connectivity index (χ2n) is 4.22. The van der Waals surface area contributed by atoms with E-state index < -0.39 is 23.0 Å². The Balaban J connectivity index is 2.29. The third-order valence-corrected chi connectivity index (χ3v) is 4.84. The van der Waals surface area contributed by atoms with Gasteiger partial charge in [-0.1, -0.05) is 6.07 Å². The van der Waals surface area contributed by atoms with Gasteiger partial charge in [0.15, 0.2) is 0 Å². The Labute approximate surface area is 105 Å². The minimum Gasteiger partial charge on any atom is -0.423 e. The van der Waals surface area contributed by atoms with E-state index in [1.807, 2.05) is 0 Å². The highest BCUT2D eigenvalue weighted by Gasteiger charge is 2.29. The maximum absolute atomic E-state index is 13.0. The van der Waals surface area contributed by atoms with Gasteiger partial charge in [0.05, 0.1) is 5.75 Å². The van der Waals surface area contributed by atoms with Crippen LogP contribution in [0.2, 0.25) is 0 Å². The van der Waals surface area contributed by atoms with Crippen molar-refractivity contribution in [2.24, 2.45) is 0 Å². The van der Waals surface area contributed by atoms with Crippen LogP contribution in [0.25, 0.3) is 0 Å². The number of rotatable bonds is 3. The Bertz CT molecular complexity index is 549. The van der Waals surface area contributed by atoms with Crippen molar-refractivity contribution in [3.63, 3.8) is 0 Å². The van der Waals surface area contributed by atoms with E-state index >= 15 is 0 Å². The Hall–Kier alpha value is -0.955. The van der Waals surface area contributed by atoms with Gasteiger partial charge in [0.1, 0.15) is 5.82 Å². The van der Waals surface area contributed by atoms with Crippen LogP contribution in [-0.2, 0) is 16.6 Å². The molecule has 0 aliphatic carbocycles. The molecular formula is C10H13BFNO4S. The number of benzene rings is 1. The summed E-state index contributed by atoms with van der Waals surface area (Å²) in [7, 11) is -5.08. The zero-order valence-corrected chi connectivity index (χ0v) is 10.4. The van der Waals surface area contributed by atoms with Gasteiger partial charge in [0.2, 0.25) is 10.0 Å². The van der Waals surface area contributed by atoms with Gasteiger partial charge >= 0.3 is 7.12 Å². The molecule has 1 aromatic rings. The van der Waals surface area contributed by atoms with E-state index in [1.54, 1.807) is 0 Å². The highest BCUT2D eigenvalue weighted by molar-refractivity contribution is 7.89. The Morgan fingerprint density at radius 2 is 2.11 bits per heavy atom. The fraction of sp³-hybridized carbons (Fsp3) is 0.400. The number of halogens is 1. The molecule has 1 fully saturated rings. The smallest absolute Gasteiger partial charge is 0.423 e. The lowest BCUT2D eigenvalue weighted by molar-refractivity contribution is 0.419. The van der Waals surface area contributed by atoms with Crippen LogP contribution in [0.4, 0.5) is 4.39 Å². The number of hydrogen-bond donors (Lipinski definition) is 2. The van der Waals surface area contributed by atoms with Crippen LogP contribution in [0.3, 0.4) is 0 Å². The van der Waals surface area contributed by atoms with Crippen LogP contribution in [-0.4, -0.2) is 42.2 Å². The summed E-state index contributed by atoms with van der Waals surface area (Å²) in [5, 5.41) is 18.3. The molecule has 8 heteroatoms. The minimum absolute atomic E-state index is 0.00269. The van der Waals surface area contributed by atoms with Crippen molar-refractivity contribution < 1.29 is 22.9 Å².